The molecule has 1 heteroatoms. The molecule has 0 saturated heterocycles. The maximum atomic E-state index is 2.42. The lowest BCUT2D eigenvalue weighted by Crippen LogP contribution is -1.95. The first-order valence-corrected chi connectivity index (χ1v) is 8.65. The number of benzene rings is 4. The molecule has 116 valence electrons. The van der Waals surface area contributed by atoms with Crippen molar-refractivity contribution in [3.63, 3.8) is 0 Å². The Morgan fingerprint density at radius 1 is 0.560 bits per heavy atom. The van der Waals surface area contributed by atoms with Gasteiger partial charge in [-0.15, -0.1) is 0 Å². The van der Waals surface area contributed by atoms with Crippen molar-refractivity contribution in [3.05, 3.63) is 91.0 Å². The summed E-state index contributed by atoms with van der Waals surface area (Å²) >= 11 is 0. The molecule has 0 unspecified atom stereocenters. The van der Waals surface area contributed by atoms with Crippen LogP contribution in [-0.4, -0.2) is 4.57 Å². The van der Waals surface area contributed by atoms with E-state index in [1.54, 1.807) is 0 Å². The van der Waals surface area contributed by atoms with Crippen LogP contribution in [0.15, 0.2) is 91.0 Å². The predicted octanol–water partition coefficient (Wildman–Crippen LogP) is 6.43. The van der Waals surface area contributed by atoms with E-state index < -0.39 is 0 Å². The Hall–Kier alpha value is -3.32. The van der Waals surface area contributed by atoms with Crippen LogP contribution in [0.2, 0.25) is 0 Å². The van der Waals surface area contributed by atoms with Gasteiger partial charge in [0.1, 0.15) is 0 Å². The molecule has 0 amide bonds. The zero-order valence-corrected chi connectivity index (χ0v) is 13.6. The van der Waals surface area contributed by atoms with Gasteiger partial charge in [0.2, 0.25) is 0 Å². The summed E-state index contributed by atoms with van der Waals surface area (Å²) in [6.07, 6.45) is 0. The van der Waals surface area contributed by atoms with Crippen molar-refractivity contribution in [2.45, 2.75) is 0 Å². The van der Waals surface area contributed by atoms with Crippen molar-refractivity contribution in [1.82, 2.24) is 4.57 Å². The van der Waals surface area contributed by atoms with E-state index in [9.17, 15) is 0 Å². The fourth-order valence-corrected chi connectivity index (χ4v) is 4.36. The van der Waals surface area contributed by atoms with Crippen LogP contribution in [0.25, 0.3) is 49.7 Å². The van der Waals surface area contributed by atoms with Crippen LogP contribution in [0.4, 0.5) is 0 Å². The van der Waals surface area contributed by atoms with Gasteiger partial charge in [-0.25, -0.2) is 0 Å². The molecule has 4 aromatic carbocycles. The highest BCUT2D eigenvalue weighted by Crippen LogP contribution is 2.52. The molecule has 1 aliphatic carbocycles. The molecule has 0 aliphatic heterocycles. The van der Waals surface area contributed by atoms with Crippen LogP contribution < -0.4 is 0 Å². The average Bonchev–Trinajstić information content (AvgIpc) is 3.18. The number of para-hydroxylation sites is 2. The third-order valence-corrected chi connectivity index (χ3v) is 5.32. The predicted molar refractivity (Wildman–Crippen MR) is 105 cm³/mol. The van der Waals surface area contributed by atoms with Crippen LogP contribution in [0, 0.1) is 0 Å². The lowest BCUT2D eigenvalue weighted by Gasteiger charge is -2.11. The Morgan fingerprint density at radius 3 is 2.12 bits per heavy atom. The second-order valence-electron chi connectivity index (χ2n) is 6.62. The SMILES string of the molecule is c1ccc(-n2c3c(c4ccccc42)-c2cccc4cccc-3c24)cc1. The number of nitrogens with zero attached hydrogens (tertiary/aromatic N) is 1. The molecule has 1 nitrogen and oxygen atoms in total. The van der Waals surface area contributed by atoms with E-state index in [0.717, 1.165) is 0 Å². The van der Waals surface area contributed by atoms with Gasteiger partial charge in [0, 0.05) is 22.2 Å². The van der Waals surface area contributed by atoms with Gasteiger partial charge in [-0.2, -0.15) is 0 Å². The Morgan fingerprint density at radius 2 is 1.28 bits per heavy atom. The van der Waals surface area contributed by atoms with Crippen molar-refractivity contribution in [3.8, 4) is 28.1 Å². The van der Waals surface area contributed by atoms with Crippen molar-refractivity contribution >= 4 is 21.7 Å². The minimum Gasteiger partial charge on any atom is -0.309 e. The van der Waals surface area contributed by atoms with Crippen LogP contribution in [0.5, 0.6) is 0 Å². The number of rotatable bonds is 1. The lowest BCUT2D eigenvalue weighted by molar-refractivity contribution is 1.14. The molecule has 0 N–H and O–H groups in total. The topological polar surface area (TPSA) is 4.93 Å². The van der Waals surface area contributed by atoms with E-state index in [4.69, 9.17) is 0 Å². The highest BCUT2D eigenvalue weighted by atomic mass is 15.0. The number of aromatic nitrogens is 1. The quantitative estimate of drug-likeness (QED) is 0.329. The van der Waals surface area contributed by atoms with Gasteiger partial charge >= 0.3 is 0 Å². The molecule has 1 heterocycles. The van der Waals surface area contributed by atoms with E-state index in [1.165, 1.54) is 49.7 Å². The third kappa shape index (κ3) is 1.58. The molecule has 6 rings (SSSR count). The first kappa shape index (κ1) is 13.0. The van der Waals surface area contributed by atoms with Crippen LogP contribution in [-0.2, 0) is 0 Å². The van der Waals surface area contributed by atoms with Gasteiger partial charge in [-0.1, -0.05) is 72.8 Å². The van der Waals surface area contributed by atoms with Crippen molar-refractivity contribution in [2.24, 2.45) is 0 Å². The first-order valence-electron chi connectivity index (χ1n) is 8.65. The molecule has 0 radical (unpaired) electrons. The molecule has 5 aromatic rings. The van der Waals surface area contributed by atoms with Gasteiger partial charge < -0.3 is 4.57 Å². The number of hydrogen-bond acceptors (Lipinski definition) is 0. The average molecular weight is 317 g/mol. The van der Waals surface area contributed by atoms with E-state index in [1.807, 2.05) is 0 Å². The normalized spacial score (nSPS) is 12.0. The molecule has 0 fully saturated rings. The Kier molecular flexibility index (Phi) is 2.40. The van der Waals surface area contributed by atoms with Gasteiger partial charge in [0.15, 0.2) is 0 Å². The Labute approximate surface area is 145 Å². The van der Waals surface area contributed by atoms with Crippen molar-refractivity contribution in [2.75, 3.05) is 0 Å². The first-order chi connectivity index (χ1) is 12.4. The van der Waals surface area contributed by atoms with Gasteiger partial charge in [0.05, 0.1) is 11.2 Å². The summed E-state index contributed by atoms with van der Waals surface area (Å²) in [6, 6.07) is 32.7. The summed E-state index contributed by atoms with van der Waals surface area (Å²) in [6.45, 7) is 0. The monoisotopic (exact) mass is 317 g/mol. The fourth-order valence-electron chi connectivity index (χ4n) is 4.36. The number of hydrogen-bond donors (Lipinski definition) is 0. The van der Waals surface area contributed by atoms with Gasteiger partial charge in [-0.3, -0.25) is 0 Å². The summed E-state index contributed by atoms with van der Waals surface area (Å²) in [5.74, 6) is 0. The lowest BCUT2D eigenvalue weighted by atomic mass is 10.0. The van der Waals surface area contributed by atoms with E-state index in [2.05, 4.69) is 95.6 Å². The number of fused-ring (bicyclic) bond motifs is 5. The van der Waals surface area contributed by atoms with Crippen LogP contribution in [0.1, 0.15) is 0 Å². The van der Waals surface area contributed by atoms with E-state index in [-0.39, 0.29) is 0 Å². The second kappa shape index (κ2) is 4.61. The minimum atomic E-state index is 1.21. The molecule has 0 atom stereocenters. The summed E-state index contributed by atoms with van der Waals surface area (Å²) in [7, 11) is 0. The third-order valence-electron chi connectivity index (χ3n) is 5.32. The molecule has 1 aromatic heterocycles. The fraction of sp³-hybridized carbons (Fsp3) is 0. The summed E-state index contributed by atoms with van der Waals surface area (Å²) in [4.78, 5) is 0. The molecule has 0 spiro atoms. The molecule has 0 bridgehead atoms. The van der Waals surface area contributed by atoms with E-state index >= 15 is 0 Å². The Bertz CT molecular complexity index is 1270. The summed E-state index contributed by atoms with van der Waals surface area (Å²) in [5, 5.41) is 4.02. The second-order valence-corrected chi connectivity index (χ2v) is 6.62. The summed E-state index contributed by atoms with van der Waals surface area (Å²) in [5.41, 5.74) is 7.86. The van der Waals surface area contributed by atoms with E-state index in [0.29, 0.717) is 0 Å². The highest BCUT2D eigenvalue weighted by molar-refractivity contribution is 6.21. The molecule has 25 heavy (non-hydrogen) atoms. The maximum Gasteiger partial charge on any atom is 0.0626 e. The maximum absolute atomic E-state index is 2.42. The highest BCUT2D eigenvalue weighted by Gasteiger charge is 2.28. The molecular weight excluding hydrogens is 302 g/mol. The standard InChI is InChI=1S/C24H15N/c1-2-10-17(11-3-1)25-21-15-5-4-12-18(21)23-19-13-6-8-16-9-7-14-20(22(16)19)24(23)25/h1-15H. The van der Waals surface area contributed by atoms with Gasteiger partial charge in [-0.05, 0) is 34.5 Å². The van der Waals surface area contributed by atoms with Crippen molar-refractivity contribution in [1.29, 1.82) is 0 Å². The minimum absolute atomic E-state index is 1.21. The largest absolute Gasteiger partial charge is 0.309 e. The zero-order valence-electron chi connectivity index (χ0n) is 13.6. The van der Waals surface area contributed by atoms with Gasteiger partial charge in [0.25, 0.3) is 0 Å². The molecular formula is C24H15N. The summed E-state index contributed by atoms with van der Waals surface area (Å²) < 4.78 is 2.42. The molecule has 0 saturated carbocycles. The smallest absolute Gasteiger partial charge is 0.0626 e. The molecule has 1 aliphatic rings. The Balaban J connectivity index is 1.88. The van der Waals surface area contributed by atoms with Crippen molar-refractivity contribution < 1.29 is 0 Å². The van der Waals surface area contributed by atoms with Crippen LogP contribution >= 0.6 is 0 Å². The van der Waals surface area contributed by atoms with Crippen LogP contribution in [0.3, 0.4) is 0 Å². The zero-order chi connectivity index (χ0) is 16.4.